The van der Waals surface area contributed by atoms with Crippen LogP contribution in [0.1, 0.15) is 30.6 Å². The van der Waals surface area contributed by atoms with E-state index in [1.807, 2.05) is 11.8 Å². The Labute approximate surface area is 132 Å². The summed E-state index contributed by atoms with van der Waals surface area (Å²) in [7, 11) is 0. The van der Waals surface area contributed by atoms with E-state index in [1.54, 1.807) is 18.3 Å². The zero-order valence-corrected chi connectivity index (χ0v) is 13.3. The summed E-state index contributed by atoms with van der Waals surface area (Å²) in [6.07, 6.45) is 7.93. The van der Waals surface area contributed by atoms with Crippen molar-refractivity contribution in [2.24, 2.45) is 0 Å². The SMILES string of the molecule is C#CCN1CCN(C(=O)c2ccnc(OC(C)CC)c2)CC1. The molecule has 2 rings (SSSR count). The maximum Gasteiger partial charge on any atom is 0.254 e. The van der Waals surface area contributed by atoms with Crippen molar-refractivity contribution in [2.75, 3.05) is 32.7 Å². The van der Waals surface area contributed by atoms with Crippen molar-refractivity contribution in [1.82, 2.24) is 14.8 Å². The second kappa shape index (κ2) is 7.81. The van der Waals surface area contributed by atoms with Gasteiger partial charge in [-0.25, -0.2) is 4.98 Å². The summed E-state index contributed by atoms with van der Waals surface area (Å²) < 4.78 is 5.68. The number of aromatic nitrogens is 1. The molecule has 1 unspecified atom stereocenters. The molecule has 0 saturated carbocycles. The van der Waals surface area contributed by atoms with Crippen LogP contribution in [-0.4, -0.2) is 59.5 Å². The summed E-state index contributed by atoms with van der Waals surface area (Å²) in [5, 5.41) is 0. The van der Waals surface area contributed by atoms with Crippen LogP contribution in [0.5, 0.6) is 5.88 Å². The van der Waals surface area contributed by atoms with E-state index in [9.17, 15) is 4.79 Å². The molecule has 1 saturated heterocycles. The predicted octanol–water partition coefficient (Wildman–Crippen LogP) is 1.65. The van der Waals surface area contributed by atoms with Crippen molar-refractivity contribution in [1.29, 1.82) is 0 Å². The van der Waals surface area contributed by atoms with Gasteiger partial charge in [-0.05, 0) is 19.4 Å². The zero-order chi connectivity index (χ0) is 15.9. The first-order valence-electron chi connectivity index (χ1n) is 7.71. The molecule has 0 aliphatic carbocycles. The number of hydrogen-bond donors (Lipinski definition) is 0. The third-order valence-corrected chi connectivity index (χ3v) is 3.85. The Morgan fingerprint density at radius 2 is 2.18 bits per heavy atom. The first-order chi connectivity index (χ1) is 10.6. The van der Waals surface area contributed by atoms with E-state index >= 15 is 0 Å². The number of rotatable bonds is 5. The van der Waals surface area contributed by atoms with Crippen molar-refractivity contribution in [2.45, 2.75) is 26.4 Å². The fourth-order valence-corrected chi connectivity index (χ4v) is 2.32. The standard InChI is InChI=1S/C17H23N3O2/c1-4-8-19-9-11-20(12-10-19)17(21)15-6-7-18-16(13-15)22-14(3)5-2/h1,6-7,13-14H,5,8-12H2,2-3H3. The largest absolute Gasteiger partial charge is 0.475 e. The van der Waals surface area contributed by atoms with Gasteiger partial charge in [-0.2, -0.15) is 0 Å². The van der Waals surface area contributed by atoms with Gasteiger partial charge in [-0.1, -0.05) is 12.8 Å². The van der Waals surface area contributed by atoms with E-state index in [2.05, 4.69) is 22.7 Å². The van der Waals surface area contributed by atoms with Gasteiger partial charge in [0.05, 0.1) is 12.6 Å². The molecule has 1 fully saturated rings. The first kappa shape index (κ1) is 16.3. The molecule has 5 heteroatoms. The van der Waals surface area contributed by atoms with Gasteiger partial charge in [0.1, 0.15) is 0 Å². The van der Waals surface area contributed by atoms with Crippen molar-refractivity contribution in [3.8, 4) is 18.2 Å². The molecule has 0 spiro atoms. The summed E-state index contributed by atoms with van der Waals surface area (Å²) in [5.41, 5.74) is 0.624. The molecule has 1 aliphatic heterocycles. The maximum atomic E-state index is 12.6. The molecule has 1 aliphatic rings. The monoisotopic (exact) mass is 301 g/mol. The smallest absolute Gasteiger partial charge is 0.254 e. The molecule has 1 aromatic rings. The van der Waals surface area contributed by atoms with E-state index in [1.165, 1.54) is 0 Å². The number of ether oxygens (including phenoxy) is 1. The molecule has 0 bridgehead atoms. The lowest BCUT2D eigenvalue weighted by molar-refractivity contribution is 0.0651. The Hall–Kier alpha value is -2.06. The topological polar surface area (TPSA) is 45.7 Å². The highest BCUT2D eigenvalue weighted by atomic mass is 16.5. The Kier molecular flexibility index (Phi) is 5.79. The van der Waals surface area contributed by atoms with E-state index in [4.69, 9.17) is 11.2 Å². The van der Waals surface area contributed by atoms with Crippen molar-refractivity contribution in [3.63, 3.8) is 0 Å². The Balaban J connectivity index is 1.98. The summed E-state index contributed by atoms with van der Waals surface area (Å²) in [6, 6.07) is 3.46. The minimum absolute atomic E-state index is 0.0248. The summed E-state index contributed by atoms with van der Waals surface area (Å²) in [6.45, 7) is 7.71. The van der Waals surface area contributed by atoms with Gasteiger partial charge in [0.15, 0.2) is 0 Å². The summed E-state index contributed by atoms with van der Waals surface area (Å²) in [5.74, 6) is 3.17. The molecule has 1 amide bonds. The highest BCUT2D eigenvalue weighted by Crippen LogP contribution is 2.15. The average Bonchev–Trinajstić information content (AvgIpc) is 2.55. The summed E-state index contributed by atoms with van der Waals surface area (Å²) >= 11 is 0. The van der Waals surface area contributed by atoms with Crippen LogP contribution in [0.4, 0.5) is 0 Å². The van der Waals surface area contributed by atoms with Gasteiger partial charge in [-0.3, -0.25) is 9.69 Å². The maximum absolute atomic E-state index is 12.6. The van der Waals surface area contributed by atoms with E-state index in [0.29, 0.717) is 31.1 Å². The molecular weight excluding hydrogens is 278 g/mol. The first-order valence-corrected chi connectivity index (χ1v) is 7.71. The van der Waals surface area contributed by atoms with Crippen LogP contribution in [0.3, 0.4) is 0 Å². The van der Waals surface area contributed by atoms with Crippen molar-refractivity contribution in [3.05, 3.63) is 23.9 Å². The average molecular weight is 301 g/mol. The molecule has 22 heavy (non-hydrogen) atoms. The number of piperazine rings is 1. The number of carbonyl (C=O) groups excluding carboxylic acids is 1. The van der Waals surface area contributed by atoms with Crippen molar-refractivity contribution < 1.29 is 9.53 Å². The summed E-state index contributed by atoms with van der Waals surface area (Å²) in [4.78, 5) is 20.8. The van der Waals surface area contributed by atoms with Gasteiger partial charge in [-0.15, -0.1) is 6.42 Å². The van der Waals surface area contributed by atoms with Crippen LogP contribution in [0.2, 0.25) is 0 Å². The number of pyridine rings is 1. The van der Waals surface area contributed by atoms with Crippen LogP contribution >= 0.6 is 0 Å². The van der Waals surface area contributed by atoms with Crippen LogP contribution in [-0.2, 0) is 0 Å². The number of carbonyl (C=O) groups is 1. The number of nitrogens with zero attached hydrogens (tertiary/aromatic N) is 3. The van der Waals surface area contributed by atoms with Crippen LogP contribution in [0.25, 0.3) is 0 Å². The highest BCUT2D eigenvalue weighted by Gasteiger charge is 2.22. The third kappa shape index (κ3) is 4.22. The molecule has 5 nitrogen and oxygen atoms in total. The van der Waals surface area contributed by atoms with E-state index < -0.39 is 0 Å². The van der Waals surface area contributed by atoms with Crippen LogP contribution < -0.4 is 4.74 Å². The fourth-order valence-electron chi connectivity index (χ4n) is 2.32. The van der Waals surface area contributed by atoms with Gasteiger partial charge in [0.25, 0.3) is 5.91 Å². The minimum atomic E-state index is 0.0248. The molecule has 118 valence electrons. The van der Waals surface area contributed by atoms with Gasteiger partial charge in [0, 0.05) is 44.0 Å². The normalized spacial score (nSPS) is 16.9. The Morgan fingerprint density at radius 3 is 2.82 bits per heavy atom. The van der Waals surface area contributed by atoms with Gasteiger partial charge in [0.2, 0.25) is 5.88 Å². The second-order valence-electron chi connectivity index (χ2n) is 5.49. The molecule has 1 aromatic heterocycles. The van der Waals surface area contributed by atoms with Gasteiger partial charge >= 0.3 is 0 Å². The molecule has 0 aromatic carbocycles. The lowest BCUT2D eigenvalue weighted by atomic mass is 10.2. The molecule has 0 radical (unpaired) electrons. The minimum Gasteiger partial charge on any atom is -0.475 e. The number of amides is 1. The van der Waals surface area contributed by atoms with E-state index in [-0.39, 0.29) is 12.0 Å². The Morgan fingerprint density at radius 1 is 1.45 bits per heavy atom. The number of terminal acetylenes is 1. The van der Waals surface area contributed by atoms with Crippen LogP contribution in [0, 0.1) is 12.3 Å². The highest BCUT2D eigenvalue weighted by molar-refractivity contribution is 5.94. The Bertz CT molecular complexity index is 545. The molecule has 2 heterocycles. The number of hydrogen-bond acceptors (Lipinski definition) is 4. The third-order valence-electron chi connectivity index (χ3n) is 3.85. The second-order valence-corrected chi connectivity index (χ2v) is 5.49. The van der Waals surface area contributed by atoms with Crippen LogP contribution in [0.15, 0.2) is 18.3 Å². The zero-order valence-electron chi connectivity index (χ0n) is 13.3. The van der Waals surface area contributed by atoms with Gasteiger partial charge < -0.3 is 9.64 Å². The quantitative estimate of drug-likeness (QED) is 0.776. The van der Waals surface area contributed by atoms with Crippen molar-refractivity contribution >= 4 is 5.91 Å². The lowest BCUT2D eigenvalue weighted by Gasteiger charge is -2.33. The predicted molar refractivity (Wildman–Crippen MR) is 85.8 cm³/mol. The molecule has 0 N–H and O–H groups in total. The fraction of sp³-hybridized carbons (Fsp3) is 0.529. The van der Waals surface area contributed by atoms with E-state index in [0.717, 1.165) is 19.5 Å². The molecule has 1 atom stereocenters. The molecular formula is C17H23N3O2. The lowest BCUT2D eigenvalue weighted by Crippen LogP contribution is -2.48.